The minimum atomic E-state index is -3.83. The van der Waals surface area contributed by atoms with Gasteiger partial charge in [-0.15, -0.1) is 0 Å². The SMILES string of the molecule is Cc1ccc(C(NS(=O)(=O)c2ccc3c(c2)C(=O)N(C)C3=O)C2CC2)cc1. The molecule has 1 N–H and O–H groups in total. The molecule has 0 radical (unpaired) electrons. The van der Waals surface area contributed by atoms with E-state index in [2.05, 4.69) is 4.72 Å². The number of carbonyl (C=O) groups excluding carboxylic acids is 2. The number of imide groups is 1. The number of benzene rings is 2. The lowest BCUT2D eigenvalue weighted by atomic mass is 10.0. The predicted octanol–water partition coefficient (Wildman–Crippen LogP) is 2.65. The quantitative estimate of drug-likeness (QED) is 0.804. The molecule has 27 heavy (non-hydrogen) atoms. The Hall–Kier alpha value is -2.51. The highest BCUT2D eigenvalue weighted by Gasteiger charge is 2.37. The Morgan fingerprint density at radius 2 is 1.63 bits per heavy atom. The summed E-state index contributed by atoms with van der Waals surface area (Å²) in [5, 5.41) is 0. The van der Waals surface area contributed by atoms with Gasteiger partial charge in [-0.3, -0.25) is 14.5 Å². The Bertz CT molecular complexity index is 1040. The fourth-order valence-corrected chi connectivity index (χ4v) is 4.70. The van der Waals surface area contributed by atoms with Crippen LogP contribution in [-0.2, 0) is 10.0 Å². The van der Waals surface area contributed by atoms with E-state index in [1.807, 2.05) is 31.2 Å². The molecule has 1 heterocycles. The van der Waals surface area contributed by atoms with Crippen molar-refractivity contribution in [2.75, 3.05) is 7.05 Å². The highest BCUT2D eigenvalue weighted by Crippen LogP contribution is 2.42. The molecule has 0 bridgehead atoms. The molecule has 6 nitrogen and oxygen atoms in total. The van der Waals surface area contributed by atoms with Crippen molar-refractivity contribution in [1.82, 2.24) is 9.62 Å². The van der Waals surface area contributed by atoms with Crippen LogP contribution in [-0.4, -0.2) is 32.2 Å². The van der Waals surface area contributed by atoms with Crippen LogP contribution in [0.5, 0.6) is 0 Å². The van der Waals surface area contributed by atoms with Crippen LogP contribution in [0.3, 0.4) is 0 Å². The second-order valence-electron chi connectivity index (χ2n) is 7.22. The first-order chi connectivity index (χ1) is 12.8. The summed E-state index contributed by atoms with van der Waals surface area (Å²) in [5.74, 6) is -0.627. The number of amides is 2. The van der Waals surface area contributed by atoms with Crippen molar-refractivity contribution in [1.29, 1.82) is 0 Å². The molecular formula is C20H20N2O4S. The number of hydrogen-bond donors (Lipinski definition) is 1. The zero-order valence-corrected chi connectivity index (χ0v) is 15.9. The van der Waals surface area contributed by atoms with Crippen LogP contribution in [0, 0.1) is 12.8 Å². The van der Waals surface area contributed by atoms with E-state index >= 15 is 0 Å². The van der Waals surface area contributed by atoms with Crippen LogP contribution < -0.4 is 4.72 Å². The average Bonchev–Trinajstić information content (AvgIpc) is 3.47. The van der Waals surface area contributed by atoms with E-state index in [1.165, 1.54) is 25.2 Å². The molecule has 0 spiro atoms. The summed E-state index contributed by atoms with van der Waals surface area (Å²) < 4.78 is 28.7. The van der Waals surface area contributed by atoms with Crippen LogP contribution in [0.15, 0.2) is 47.4 Å². The van der Waals surface area contributed by atoms with Crippen molar-refractivity contribution in [2.45, 2.75) is 30.7 Å². The van der Waals surface area contributed by atoms with Gasteiger partial charge in [0.15, 0.2) is 0 Å². The highest BCUT2D eigenvalue weighted by molar-refractivity contribution is 7.89. The molecule has 2 aliphatic rings. The Morgan fingerprint density at radius 3 is 2.26 bits per heavy atom. The Kier molecular flexibility index (Phi) is 4.16. The molecule has 0 aromatic heterocycles. The Labute approximate surface area is 158 Å². The lowest BCUT2D eigenvalue weighted by molar-refractivity contribution is 0.0693. The van der Waals surface area contributed by atoms with Gasteiger partial charge in [-0.1, -0.05) is 29.8 Å². The number of fused-ring (bicyclic) bond motifs is 1. The van der Waals surface area contributed by atoms with Crippen molar-refractivity contribution in [3.05, 3.63) is 64.7 Å². The van der Waals surface area contributed by atoms with Gasteiger partial charge in [-0.25, -0.2) is 13.1 Å². The maximum atomic E-state index is 13.0. The summed E-state index contributed by atoms with van der Waals surface area (Å²) >= 11 is 0. The standard InChI is InChI=1S/C20H20N2O4S/c1-12-3-5-13(6-4-12)18(14-7-8-14)21-27(25,26)15-9-10-16-17(11-15)20(24)22(2)19(16)23/h3-6,9-11,14,18,21H,7-8H2,1-2H3. The summed E-state index contributed by atoms with van der Waals surface area (Å²) in [5.41, 5.74) is 2.41. The molecule has 1 saturated carbocycles. The Balaban J connectivity index is 1.66. The van der Waals surface area contributed by atoms with E-state index in [0.717, 1.165) is 28.9 Å². The number of sulfonamides is 1. The number of aryl methyl sites for hydroxylation is 1. The topological polar surface area (TPSA) is 83.6 Å². The Morgan fingerprint density at radius 1 is 1.00 bits per heavy atom. The third-order valence-corrected chi connectivity index (χ3v) is 6.62. The molecule has 1 aliphatic heterocycles. The van der Waals surface area contributed by atoms with Gasteiger partial charge in [0.1, 0.15) is 0 Å². The van der Waals surface area contributed by atoms with Gasteiger partial charge in [0.25, 0.3) is 11.8 Å². The van der Waals surface area contributed by atoms with Gasteiger partial charge < -0.3 is 0 Å². The zero-order chi connectivity index (χ0) is 19.3. The lowest BCUT2D eigenvalue weighted by Gasteiger charge is -2.19. The first-order valence-electron chi connectivity index (χ1n) is 8.83. The fraction of sp³-hybridized carbons (Fsp3) is 0.300. The van der Waals surface area contributed by atoms with Gasteiger partial charge in [-0.2, -0.15) is 0 Å². The second kappa shape index (κ2) is 6.28. The zero-order valence-electron chi connectivity index (χ0n) is 15.1. The second-order valence-corrected chi connectivity index (χ2v) is 8.94. The largest absolute Gasteiger partial charge is 0.277 e. The van der Waals surface area contributed by atoms with Crippen molar-refractivity contribution < 1.29 is 18.0 Å². The maximum absolute atomic E-state index is 13.0. The van der Waals surface area contributed by atoms with Gasteiger partial charge in [0.2, 0.25) is 10.0 Å². The van der Waals surface area contributed by atoms with Crippen LogP contribution in [0.4, 0.5) is 0 Å². The van der Waals surface area contributed by atoms with Gasteiger partial charge in [-0.05, 0) is 49.4 Å². The van der Waals surface area contributed by atoms with Crippen molar-refractivity contribution in [2.24, 2.45) is 5.92 Å². The van der Waals surface area contributed by atoms with E-state index in [0.29, 0.717) is 0 Å². The molecule has 7 heteroatoms. The first kappa shape index (κ1) is 17.9. The number of carbonyl (C=O) groups is 2. The monoisotopic (exact) mass is 384 g/mol. The van der Waals surface area contributed by atoms with E-state index in [-0.39, 0.29) is 28.0 Å². The molecule has 2 aromatic carbocycles. The van der Waals surface area contributed by atoms with Gasteiger partial charge >= 0.3 is 0 Å². The highest BCUT2D eigenvalue weighted by atomic mass is 32.2. The molecule has 1 unspecified atom stereocenters. The van der Waals surface area contributed by atoms with Crippen molar-refractivity contribution >= 4 is 21.8 Å². The summed E-state index contributed by atoms with van der Waals surface area (Å²) in [4.78, 5) is 25.2. The van der Waals surface area contributed by atoms with Crippen LogP contribution in [0.25, 0.3) is 0 Å². The molecule has 0 saturated heterocycles. The maximum Gasteiger partial charge on any atom is 0.261 e. The lowest BCUT2D eigenvalue weighted by Crippen LogP contribution is -2.30. The van der Waals surface area contributed by atoms with E-state index in [9.17, 15) is 18.0 Å². The first-order valence-corrected chi connectivity index (χ1v) is 10.3. The minimum Gasteiger partial charge on any atom is -0.277 e. The van der Waals surface area contributed by atoms with E-state index in [1.54, 1.807) is 0 Å². The molecule has 2 aromatic rings. The predicted molar refractivity (Wildman–Crippen MR) is 99.8 cm³/mol. The summed E-state index contributed by atoms with van der Waals surface area (Å²) in [6, 6.07) is 11.6. The van der Waals surface area contributed by atoms with Gasteiger partial charge in [0.05, 0.1) is 16.0 Å². The smallest absolute Gasteiger partial charge is 0.261 e. The molecule has 1 atom stereocenters. The summed E-state index contributed by atoms with van der Waals surface area (Å²) in [6.07, 6.45) is 1.95. The van der Waals surface area contributed by atoms with Crippen molar-refractivity contribution in [3.63, 3.8) is 0 Å². The van der Waals surface area contributed by atoms with Crippen LogP contribution >= 0.6 is 0 Å². The fourth-order valence-electron chi connectivity index (χ4n) is 3.38. The van der Waals surface area contributed by atoms with Gasteiger partial charge in [0, 0.05) is 13.1 Å². The van der Waals surface area contributed by atoms with Crippen molar-refractivity contribution in [3.8, 4) is 0 Å². The molecular weight excluding hydrogens is 364 g/mol. The minimum absolute atomic E-state index is 0.00420. The third kappa shape index (κ3) is 3.17. The van der Waals surface area contributed by atoms with Crippen LogP contribution in [0.1, 0.15) is 50.7 Å². The number of hydrogen-bond acceptors (Lipinski definition) is 4. The van der Waals surface area contributed by atoms with E-state index in [4.69, 9.17) is 0 Å². The van der Waals surface area contributed by atoms with E-state index < -0.39 is 21.8 Å². The molecule has 4 rings (SSSR count). The average molecular weight is 384 g/mol. The summed E-state index contributed by atoms with van der Waals surface area (Å²) in [6.45, 7) is 1.99. The third-order valence-electron chi connectivity index (χ3n) is 5.18. The number of nitrogens with one attached hydrogen (secondary N) is 1. The van der Waals surface area contributed by atoms with Crippen LogP contribution in [0.2, 0.25) is 0 Å². The summed E-state index contributed by atoms with van der Waals surface area (Å²) in [7, 11) is -2.45. The normalized spacial score (nSPS) is 17.9. The molecule has 140 valence electrons. The number of rotatable bonds is 5. The molecule has 2 amide bonds. The molecule has 1 fully saturated rings. The number of nitrogens with zero attached hydrogens (tertiary/aromatic N) is 1. The molecule has 1 aliphatic carbocycles.